The highest BCUT2D eigenvalue weighted by atomic mass is 16.2. The van der Waals surface area contributed by atoms with E-state index in [0.717, 1.165) is 19.4 Å². The summed E-state index contributed by atoms with van der Waals surface area (Å²) in [7, 11) is 0. The molecule has 1 aliphatic heterocycles. The maximum atomic E-state index is 11.8. The van der Waals surface area contributed by atoms with E-state index < -0.39 is 0 Å². The van der Waals surface area contributed by atoms with Gasteiger partial charge in [-0.2, -0.15) is 0 Å². The Hall–Kier alpha value is -1.06. The molecule has 1 heterocycles. The summed E-state index contributed by atoms with van der Waals surface area (Å²) in [5.41, 5.74) is 5.25. The normalized spacial score (nSPS) is 21.8. The van der Waals surface area contributed by atoms with E-state index in [1.54, 1.807) is 4.90 Å². The van der Waals surface area contributed by atoms with Crippen LogP contribution in [-0.2, 0) is 9.59 Å². The number of nitrogens with two attached hydrogens (primary N) is 1. The van der Waals surface area contributed by atoms with Gasteiger partial charge in [-0.05, 0) is 18.8 Å². The smallest absolute Gasteiger partial charge is 0.222 e. The SMILES string of the molecule is CC(C)CC(=O)N1CCCC(C(N)=O)C1. The Labute approximate surface area is 90.8 Å². The Bertz CT molecular complexity index is 251. The number of hydrogen-bond donors (Lipinski definition) is 1. The van der Waals surface area contributed by atoms with Crippen molar-refractivity contribution in [3.8, 4) is 0 Å². The second-order valence-corrected chi connectivity index (χ2v) is 4.68. The van der Waals surface area contributed by atoms with Gasteiger partial charge in [0.1, 0.15) is 0 Å². The second-order valence-electron chi connectivity index (χ2n) is 4.68. The number of primary amides is 1. The summed E-state index contributed by atoms with van der Waals surface area (Å²) in [5.74, 6) is 0.0920. The Balaban J connectivity index is 2.48. The van der Waals surface area contributed by atoms with Crippen molar-refractivity contribution in [1.82, 2.24) is 4.90 Å². The van der Waals surface area contributed by atoms with Gasteiger partial charge in [-0.3, -0.25) is 9.59 Å². The summed E-state index contributed by atoms with van der Waals surface area (Å²) in [4.78, 5) is 24.6. The average Bonchev–Trinajstić information content (AvgIpc) is 2.17. The fraction of sp³-hybridized carbons (Fsp3) is 0.818. The minimum atomic E-state index is -0.281. The van der Waals surface area contributed by atoms with Gasteiger partial charge >= 0.3 is 0 Å². The molecule has 1 aliphatic rings. The molecule has 1 atom stereocenters. The summed E-state index contributed by atoms with van der Waals surface area (Å²) in [6.07, 6.45) is 2.27. The van der Waals surface area contributed by atoms with E-state index in [-0.39, 0.29) is 17.7 Å². The molecule has 86 valence electrons. The first-order valence-corrected chi connectivity index (χ1v) is 5.57. The first-order valence-electron chi connectivity index (χ1n) is 5.57. The van der Waals surface area contributed by atoms with Crippen LogP contribution in [0.1, 0.15) is 33.1 Å². The molecule has 0 aromatic heterocycles. The fourth-order valence-electron chi connectivity index (χ4n) is 1.91. The van der Waals surface area contributed by atoms with Gasteiger partial charge in [-0.1, -0.05) is 13.8 Å². The molecule has 1 saturated heterocycles. The number of likely N-dealkylation sites (tertiary alicyclic amines) is 1. The van der Waals surface area contributed by atoms with Crippen LogP contribution in [0, 0.1) is 11.8 Å². The van der Waals surface area contributed by atoms with Gasteiger partial charge in [0, 0.05) is 19.5 Å². The molecule has 0 spiro atoms. The van der Waals surface area contributed by atoms with E-state index in [2.05, 4.69) is 0 Å². The van der Waals surface area contributed by atoms with Crippen LogP contribution in [0.3, 0.4) is 0 Å². The fourth-order valence-corrected chi connectivity index (χ4v) is 1.91. The number of rotatable bonds is 3. The second kappa shape index (κ2) is 5.14. The Morgan fingerprint density at radius 1 is 1.47 bits per heavy atom. The van der Waals surface area contributed by atoms with Gasteiger partial charge in [-0.15, -0.1) is 0 Å². The topological polar surface area (TPSA) is 63.4 Å². The van der Waals surface area contributed by atoms with Crippen LogP contribution in [0.15, 0.2) is 0 Å². The minimum absolute atomic E-state index is 0.144. The molecule has 1 rings (SSSR count). The van der Waals surface area contributed by atoms with Crippen molar-refractivity contribution in [1.29, 1.82) is 0 Å². The molecule has 0 aliphatic carbocycles. The summed E-state index contributed by atoms with van der Waals surface area (Å²) in [5, 5.41) is 0. The monoisotopic (exact) mass is 212 g/mol. The van der Waals surface area contributed by atoms with Crippen molar-refractivity contribution in [2.45, 2.75) is 33.1 Å². The molecule has 4 nitrogen and oxygen atoms in total. The zero-order chi connectivity index (χ0) is 11.4. The standard InChI is InChI=1S/C11H20N2O2/c1-8(2)6-10(14)13-5-3-4-9(7-13)11(12)15/h8-9H,3-7H2,1-2H3,(H2,12,15). The van der Waals surface area contributed by atoms with E-state index in [1.807, 2.05) is 13.8 Å². The number of piperidine rings is 1. The van der Waals surface area contributed by atoms with E-state index >= 15 is 0 Å². The zero-order valence-electron chi connectivity index (χ0n) is 9.53. The van der Waals surface area contributed by atoms with Gasteiger partial charge in [0.05, 0.1) is 5.92 Å². The largest absolute Gasteiger partial charge is 0.369 e. The lowest BCUT2D eigenvalue weighted by Crippen LogP contribution is -2.44. The molecule has 0 aromatic rings. The van der Waals surface area contributed by atoms with Crippen molar-refractivity contribution in [3.05, 3.63) is 0 Å². The highest BCUT2D eigenvalue weighted by Crippen LogP contribution is 2.17. The predicted molar refractivity (Wildman–Crippen MR) is 58.0 cm³/mol. The molecule has 1 unspecified atom stereocenters. The minimum Gasteiger partial charge on any atom is -0.369 e. The quantitative estimate of drug-likeness (QED) is 0.750. The third kappa shape index (κ3) is 3.53. The number of carbonyl (C=O) groups is 2. The third-order valence-corrected chi connectivity index (χ3v) is 2.76. The van der Waals surface area contributed by atoms with E-state index in [9.17, 15) is 9.59 Å². The number of hydrogen-bond acceptors (Lipinski definition) is 2. The molecular formula is C11H20N2O2. The van der Waals surface area contributed by atoms with Crippen LogP contribution >= 0.6 is 0 Å². The lowest BCUT2D eigenvalue weighted by molar-refractivity contribution is -0.135. The maximum Gasteiger partial charge on any atom is 0.222 e. The van der Waals surface area contributed by atoms with Crippen molar-refractivity contribution in [2.24, 2.45) is 17.6 Å². The Morgan fingerprint density at radius 2 is 2.13 bits per heavy atom. The molecule has 2 N–H and O–H groups in total. The molecule has 0 aromatic carbocycles. The number of carbonyl (C=O) groups excluding carboxylic acids is 2. The Morgan fingerprint density at radius 3 is 2.67 bits per heavy atom. The van der Waals surface area contributed by atoms with Gasteiger partial charge in [-0.25, -0.2) is 0 Å². The van der Waals surface area contributed by atoms with Crippen LogP contribution in [0.2, 0.25) is 0 Å². The molecule has 4 heteroatoms. The summed E-state index contributed by atoms with van der Waals surface area (Å²) in [6, 6.07) is 0. The molecule has 1 fully saturated rings. The highest BCUT2D eigenvalue weighted by molar-refractivity contribution is 5.80. The van der Waals surface area contributed by atoms with Crippen LogP contribution < -0.4 is 5.73 Å². The zero-order valence-corrected chi connectivity index (χ0v) is 9.53. The van der Waals surface area contributed by atoms with Crippen molar-refractivity contribution < 1.29 is 9.59 Å². The molecule has 0 saturated carbocycles. The highest BCUT2D eigenvalue weighted by Gasteiger charge is 2.26. The Kier molecular flexibility index (Phi) is 4.12. The van der Waals surface area contributed by atoms with Crippen LogP contribution in [0.4, 0.5) is 0 Å². The van der Waals surface area contributed by atoms with Gasteiger partial charge < -0.3 is 10.6 Å². The van der Waals surface area contributed by atoms with Gasteiger partial charge in [0.2, 0.25) is 11.8 Å². The van der Waals surface area contributed by atoms with Crippen LogP contribution in [0.25, 0.3) is 0 Å². The number of nitrogens with zero attached hydrogens (tertiary/aromatic N) is 1. The first-order chi connectivity index (χ1) is 7.00. The van der Waals surface area contributed by atoms with E-state index in [0.29, 0.717) is 18.9 Å². The lowest BCUT2D eigenvalue weighted by atomic mass is 9.96. The average molecular weight is 212 g/mol. The number of amides is 2. The lowest BCUT2D eigenvalue weighted by Gasteiger charge is -2.31. The van der Waals surface area contributed by atoms with E-state index in [1.165, 1.54) is 0 Å². The van der Waals surface area contributed by atoms with Crippen molar-refractivity contribution in [2.75, 3.05) is 13.1 Å². The predicted octanol–water partition coefficient (Wildman–Crippen LogP) is 0.756. The van der Waals surface area contributed by atoms with E-state index in [4.69, 9.17) is 5.73 Å². The van der Waals surface area contributed by atoms with Crippen LogP contribution in [-0.4, -0.2) is 29.8 Å². The molecule has 0 radical (unpaired) electrons. The summed E-state index contributed by atoms with van der Waals surface area (Å²) >= 11 is 0. The summed E-state index contributed by atoms with van der Waals surface area (Å²) < 4.78 is 0. The molecular weight excluding hydrogens is 192 g/mol. The molecule has 15 heavy (non-hydrogen) atoms. The molecule has 0 bridgehead atoms. The van der Waals surface area contributed by atoms with Gasteiger partial charge in [0.15, 0.2) is 0 Å². The van der Waals surface area contributed by atoms with Crippen molar-refractivity contribution >= 4 is 11.8 Å². The third-order valence-electron chi connectivity index (χ3n) is 2.76. The maximum absolute atomic E-state index is 11.8. The molecule has 2 amide bonds. The van der Waals surface area contributed by atoms with Crippen LogP contribution in [0.5, 0.6) is 0 Å². The van der Waals surface area contributed by atoms with Crippen molar-refractivity contribution in [3.63, 3.8) is 0 Å². The van der Waals surface area contributed by atoms with Gasteiger partial charge in [0.25, 0.3) is 0 Å². The summed E-state index contributed by atoms with van der Waals surface area (Å²) in [6.45, 7) is 5.33. The first kappa shape index (κ1) is 12.0.